The minimum absolute atomic E-state index is 0. The van der Waals surface area contributed by atoms with Crippen molar-refractivity contribution in [1.82, 2.24) is 4.90 Å². The molecule has 0 N–H and O–H groups in total. The Balaban J connectivity index is 0.00000312. The summed E-state index contributed by atoms with van der Waals surface area (Å²) in [6.07, 6.45) is 2.24. The van der Waals surface area contributed by atoms with Gasteiger partial charge in [-0.25, -0.2) is 4.99 Å². The van der Waals surface area contributed by atoms with Crippen molar-refractivity contribution in [2.45, 2.75) is 40.7 Å². The topological polar surface area (TPSA) is 58.7 Å². The molecule has 0 saturated carbocycles. The van der Waals surface area contributed by atoms with E-state index in [1.807, 2.05) is 6.92 Å². The Hall–Kier alpha value is -1.53. The first-order valence-corrected chi connectivity index (χ1v) is 9.11. The lowest BCUT2D eigenvalue weighted by molar-refractivity contribution is -0.384. The highest BCUT2D eigenvalue weighted by molar-refractivity contribution is 8.16. The molecule has 25 heavy (non-hydrogen) atoms. The Kier molecular flexibility index (Phi) is 7.96. The number of hydrogen-bond acceptors (Lipinski definition) is 4. The summed E-state index contributed by atoms with van der Waals surface area (Å²) in [5, 5.41) is 14.0. The zero-order chi connectivity index (χ0) is 17.9. The molecule has 0 fully saturated rings. The number of nitrogens with zero attached hydrogens (tertiary/aromatic N) is 3. The summed E-state index contributed by atoms with van der Waals surface area (Å²) in [5.41, 5.74) is 1.71. The second-order valence-corrected chi connectivity index (χ2v) is 7.72. The lowest BCUT2D eigenvalue weighted by Crippen LogP contribution is -2.44. The van der Waals surface area contributed by atoms with Gasteiger partial charge in [0.05, 0.1) is 16.7 Å². The molecule has 1 aliphatic heterocycles. The quantitative estimate of drug-likeness (QED) is 0.493. The van der Waals surface area contributed by atoms with Crippen LogP contribution in [0.15, 0.2) is 34.7 Å². The van der Waals surface area contributed by atoms with Gasteiger partial charge in [-0.3, -0.25) is 10.1 Å². The molecule has 2 rings (SSSR count). The molecule has 5 nitrogen and oxygen atoms in total. The largest absolute Gasteiger partial charge is 0.344 e. The van der Waals surface area contributed by atoms with Crippen LogP contribution in [-0.4, -0.2) is 27.6 Å². The number of halogens is 1. The molecule has 0 aliphatic carbocycles. The van der Waals surface area contributed by atoms with Crippen molar-refractivity contribution in [1.29, 1.82) is 0 Å². The average Bonchev–Trinajstić information content (AvgIpc) is 2.49. The summed E-state index contributed by atoms with van der Waals surface area (Å²) < 4.78 is 0. The van der Waals surface area contributed by atoms with Crippen molar-refractivity contribution in [3.63, 3.8) is 0 Å². The number of amidine groups is 1. The first-order valence-electron chi connectivity index (χ1n) is 8.23. The molecule has 1 aromatic carbocycles. The maximum atomic E-state index is 10.9. The molecule has 0 aromatic heterocycles. The third-order valence-corrected chi connectivity index (χ3v) is 4.74. The molecule has 7 heteroatoms. The fourth-order valence-corrected chi connectivity index (χ4v) is 3.57. The number of thioether (sulfide) groups is 1. The maximum Gasteiger partial charge on any atom is 0.269 e. The summed E-state index contributed by atoms with van der Waals surface area (Å²) in [5.74, 6) is 1.02. The van der Waals surface area contributed by atoms with E-state index >= 15 is 0 Å². The number of nitro groups is 1. The number of aliphatic imine (C=N–C) groups is 1. The third-order valence-electron chi connectivity index (χ3n) is 3.91. The first-order chi connectivity index (χ1) is 11.3. The SMILES string of the molecule is Cc1cc([N+](=O)[O-])ccc1/N=C1\SC=C[C@@H](C(C)C)N1CC(C)C.Cl. The molecule has 0 saturated heterocycles. The van der Waals surface area contributed by atoms with E-state index in [0.717, 1.165) is 23.0 Å². The van der Waals surface area contributed by atoms with E-state index in [-0.39, 0.29) is 23.0 Å². The third kappa shape index (κ3) is 5.47. The van der Waals surface area contributed by atoms with Gasteiger partial charge < -0.3 is 4.90 Å². The standard InChI is InChI=1S/C18H25N3O2S.ClH/c1-12(2)11-20-17(13(3)4)8-9-24-18(20)19-16-7-6-15(21(22)23)10-14(16)5;/h6-10,12-13,17H,11H2,1-5H3;1H/b19-18-;/t17-;/m0./s1. The Morgan fingerprint density at radius 1 is 1.32 bits per heavy atom. The zero-order valence-electron chi connectivity index (χ0n) is 15.3. The van der Waals surface area contributed by atoms with Gasteiger partial charge in [0.1, 0.15) is 0 Å². The van der Waals surface area contributed by atoms with E-state index in [9.17, 15) is 10.1 Å². The van der Waals surface area contributed by atoms with E-state index in [1.54, 1.807) is 23.9 Å². The van der Waals surface area contributed by atoms with Gasteiger partial charge in [-0.05, 0) is 35.8 Å². The molecule has 1 heterocycles. The lowest BCUT2D eigenvalue weighted by Gasteiger charge is -2.38. The van der Waals surface area contributed by atoms with Crippen molar-refractivity contribution in [3.05, 3.63) is 45.4 Å². The Bertz CT molecular complexity index is 674. The van der Waals surface area contributed by atoms with Crippen molar-refractivity contribution < 1.29 is 4.92 Å². The number of rotatable bonds is 5. The van der Waals surface area contributed by atoms with Crippen molar-refractivity contribution in [2.24, 2.45) is 16.8 Å². The van der Waals surface area contributed by atoms with E-state index in [2.05, 4.69) is 44.1 Å². The van der Waals surface area contributed by atoms with Gasteiger partial charge in [0.2, 0.25) is 0 Å². The van der Waals surface area contributed by atoms with Crippen molar-refractivity contribution >= 4 is 40.7 Å². The van der Waals surface area contributed by atoms with Crippen molar-refractivity contribution in [3.8, 4) is 0 Å². The molecule has 0 unspecified atom stereocenters. The van der Waals surface area contributed by atoms with E-state index in [4.69, 9.17) is 4.99 Å². The highest BCUT2D eigenvalue weighted by atomic mass is 35.5. The second kappa shape index (κ2) is 9.25. The van der Waals surface area contributed by atoms with Crippen LogP contribution in [0.4, 0.5) is 11.4 Å². The van der Waals surface area contributed by atoms with Gasteiger partial charge in [-0.1, -0.05) is 45.5 Å². The van der Waals surface area contributed by atoms with E-state index < -0.39 is 0 Å². The number of nitro benzene ring substituents is 1. The summed E-state index contributed by atoms with van der Waals surface area (Å²) in [6, 6.07) is 5.15. The highest BCUT2D eigenvalue weighted by Gasteiger charge is 2.26. The Labute approximate surface area is 160 Å². The van der Waals surface area contributed by atoms with Crippen LogP contribution in [0, 0.1) is 28.9 Å². The van der Waals surface area contributed by atoms with Gasteiger partial charge in [0.15, 0.2) is 5.17 Å². The molecule has 0 spiro atoms. The van der Waals surface area contributed by atoms with Crippen LogP contribution in [-0.2, 0) is 0 Å². The van der Waals surface area contributed by atoms with Gasteiger partial charge >= 0.3 is 0 Å². The van der Waals surface area contributed by atoms with Gasteiger partial charge in [-0.2, -0.15) is 0 Å². The number of hydrogen-bond donors (Lipinski definition) is 0. The van der Waals surface area contributed by atoms with Crippen LogP contribution in [0.2, 0.25) is 0 Å². The number of benzene rings is 1. The summed E-state index contributed by atoms with van der Waals surface area (Å²) >= 11 is 1.61. The highest BCUT2D eigenvalue weighted by Crippen LogP contribution is 2.30. The van der Waals surface area contributed by atoms with Crippen LogP contribution < -0.4 is 0 Å². The molecule has 138 valence electrons. The molecule has 1 atom stereocenters. The van der Waals surface area contributed by atoms with E-state index in [0.29, 0.717) is 17.9 Å². The Morgan fingerprint density at radius 3 is 2.52 bits per heavy atom. The number of aryl methyl sites for hydroxylation is 1. The molecule has 0 bridgehead atoms. The fourth-order valence-electron chi connectivity index (χ4n) is 2.73. The summed E-state index contributed by atoms with van der Waals surface area (Å²) in [7, 11) is 0. The van der Waals surface area contributed by atoms with Gasteiger partial charge in [0.25, 0.3) is 5.69 Å². The van der Waals surface area contributed by atoms with Gasteiger partial charge in [0, 0.05) is 18.7 Å². The van der Waals surface area contributed by atoms with Crippen LogP contribution in [0.5, 0.6) is 0 Å². The molecule has 1 aliphatic rings. The smallest absolute Gasteiger partial charge is 0.269 e. The normalized spacial score (nSPS) is 18.8. The monoisotopic (exact) mass is 383 g/mol. The number of non-ortho nitro benzene ring substituents is 1. The average molecular weight is 384 g/mol. The van der Waals surface area contributed by atoms with Crippen LogP contribution in [0.3, 0.4) is 0 Å². The van der Waals surface area contributed by atoms with Crippen LogP contribution in [0.1, 0.15) is 33.3 Å². The zero-order valence-corrected chi connectivity index (χ0v) is 16.9. The molecule has 0 radical (unpaired) electrons. The lowest BCUT2D eigenvalue weighted by atomic mass is 10.0. The molecule has 0 amide bonds. The molecule has 1 aromatic rings. The maximum absolute atomic E-state index is 10.9. The van der Waals surface area contributed by atoms with E-state index in [1.165, 1.54) is 6.07 Å². The Morgan fingerprint density at radius 2 is 2.00 bits per heavy atom. The minimum atomic E-state index is -0.373. The predicted molar refractivity (Wildman–Crippen MR) is 109 cm³/mol. The predicted octanol–water partition coefficient (Wildman–Crippen LogP) is 5.56. The van der Waals surface area contributed by atoms with Crippen LogP contribution >= 0.6 is 24.2 Å². The van der Waals surface area contributed by atoms with Crippen LogP contribution in [0.25, 0.3) is 0 Å². The first kappa shape index (κ1) is 21.5. The van der Waals surface area contributed by atoms with Crippen molar-refractivity contribution in [2.75, 3.05) is 6.54 Å². The summed E-state index contributed by atoms with van der Waals surface area (Å²) in [4.78, 5) is 17.7. The second-order valence-electron chi connectivity index (χ2n) is 6.85. The molecular weight excluding hydrogens is 358 g/mol. The molecular formula is C18H26ClN3O2S. The summed E-state index contributed by atoms with van der Waals surface area (Å²) in [6.45, 7) is 11.6. The van der Waals surface area contributed by atoms with Gasteiger partial charge in [-0.15, -0.1) is 12.4 Å². The fraction of sp³-hybridized carbons (Fsp3) is 0.500. The minimum Gasteiger partial charge on any atom is -0.344 e.